The van der Waals surface area contributed by atoms with Crippen molar-refractivity contribution in [3.8, 4) is 6.07 Å². The molecule has 0 heterocycles. The van der Waals surface area contributed by atoms with Gasteiger partial charge in [0.15, 0.2) is 0 Å². The monoisotopic (exact) mass is 186 g/mol. The molecule has 0 saturated carbocycles. The van der Waals surface area contributed by atoms with Gasteiger partial charge >= 0.3 is 0 Å². The normalized spacial score (nSPS) is 13.3. The van der Waals surface area contributed by atoms with E-state index in [9.17, 15) is 5.11 Å². The molecule has 0 aliphatic rings. The zero-order valence-corrected chi connectivity index (χ0v) is 8.27. The highest BCUT2D eigenvalue weighted by molar-refractivity contribution is 4.75. The summed E-state index contributed by atoms with van der Waals surface area (Å²) < 4.78 is 0. The average Bonchev–Trinajstić information content (AvgIpc) is 2.11. The molecular weight excluding hydrogens is 168 g/mol. The third kappa shape index (κ3) is 5.58. The van der Waals surface area contributed by atoms with E-state index in [1.54, 1.807) is 0 Å². The second-order valence-electron chi connectivity index (χ2n) is 3.33. The summed E-state index contributed by atoms with van der Waals surface area (Å²) in [7, 11) is 0. The van der Waals surface area contributed by atoms with Gasteiger partial charge in [-0.3, -0.25) is 4.90 Å². The summed E-state index contributed by atoms with van der Waals surface area (Å²) in [6, 6.07) is 2.35. The van der Waals surface area contributed by atoms with Crippen molar-refractivity contribution in [1.29, 1.82) is 5.26 Å². The van der Waals surface area contributed by atoms with Crippen molar-refractivity contribution in [1.82, 2.24) is 4.90 Å². The molecule has 0 radical (unpaired) electrons. The van der Waals surface area contributed by atoms with E-state index in [2.05, 4.69) is 6.07 Å². The van der Waals surface area contributed by atoms with E-state index in [0.29, 0.717) is 19.5 Å². The maximum Gasteiger partial charge on any atom is 0.0897 e. The van der Waals surface area contributed by atoms with Crippen LogP contribution in [0.2, 0.25) is 0 Å². The Labute approximate surface area is 79.4 Å². The van der Waals surface area contributed by atoms with Gasteiger partial charge in [0.1, 0.15) is 0 Å². The van der Waals surface area contributed by atoms with Crippen LogP contribution in [0.5, 0.6) is 0 Å². The summed E-state index contributed by atoms with van der Waals surface area (Å²) >= 11 is 0. The van der Waals surface area contributed by atoms with Crippen LogP contribution < -0.4 is 0 Å². The molecule has 4 heteroatoms. The average molecular weight is 186 g/mol. The fourth-order valence-electron chi connectivity index (χ4n) is 1.08. The minimum Gasteiger partial charge on any atom is -0.394 e. The van der Waals surface area contributed by atoms with Crippen molar-refractivity contribution >= 4 is 0 Å². The molecule has 0 aromatic heterocycles. The van der Waals surface area contributed by atoms with Crippen molar-refractivity contribution in [2.75, 3.05) is 19.7 Å². The maximum atomic E-state index is 9.20. The second-order valence-corrected chi connectivity index (χ2v) is 3.33. The fourth-order valence-corrected chi connectivity index (χ4v) is 1.08. The first-order valence-corrected chi connectivity index (χ1v) is 4.51. The highest BCUT2D eigenvalue weighted by Crippen LogP contribution is 2.01. The molecule has 0 spiro atoms. The van der Waals surface area contributed by atoms with E-state index >= 15 is 0 Å². The van der Waals surface area contributed by atoms with Crippen LogP contribution in [-0.2, 0) is 0 Å². The molecule has 0 bridgehead atoms. The Bertz CT molecular complexity index is 165. The number of nitriles is 1. The topological polar surface area (TPSA) is 67.5 Å². The summed E-state index contributed by atoms with van der Waals surface area (Å²) in [5.41, 5.74) is 0. The molecule has 0 aromatic rings. The Kier molecular flexibility index (Phi) is 6.51. The van der Waals surface area contributed by atoms with Crippen LogP contribution in [0, 0.1) is 11.3 Å². The van der Waals surface area contributed by atoms with E-state index in [4.69, 9.17) is 10.4 Å². The first-order valence-electron chi connectivity index (χ1n) is 4.51. The lowest BCUT2D eigenvalue weighted by molar-refractivity contribution is 0.0502. The zero-order valence-electron chi connectivity index (χ0n) is 8.27. The second kappa shape index (κ2) is 6.84. The quantitative estimate of drug-likeness (QED) is 0.611. The smallest absolute Gasteiger partial charge is 0.0897 e. The Hall–Kier alpha value is -0.630. The predicted octanol–water partition coefficient (Wildman–Crippen LogP) is -0.0363. The van der Waals surface area contributed by atoms with Gasteiger partial charge in [0.2, 0.25) is 0 Å². The van der Waals surface area contributed by atoms with E-state index in [0.717, 1.165) is 0 Å². The molecule has 0 aliphatic carbocycles. The van der Waals surface area contributed by atoms with Crippen molar-refractivity contribution in [2.45, 2.75) is 32.4 Å². The number of aliphatic hydroxyl groups is 2. The lowest BCUT2D eigenvalue weighted by Crippen LogP contribution is -2.39. The molecule has 0 fully saturated rings. The maximum absolute atomic E-state index is 9.20. The summed E-state index contributed by atoms with van der Waals surface area (Å²) in [4.78, 5) is 1.98. The van der Waals surface area contributed by atoms with E-state index in [-0.39, 0.29) is 12.6 Å². The largest absolute Gasteiger partial charge is 0.394 e. The third-order valence-corrected chi connectivity index (χ3v) is 1.90. The fraction of sp³-hybridized carbons (Fsp3) is 0.889. The number of nitrogens with zero attached hydrogens (tertiary/aromatic N) is 2. The van der Waals surface area contributed by atoms with Gasteiger partial charge < -0.3 is 10.2 Å². The minimum absolute atomic E-state index is 0.226. The lowest BCUT2D eigenvalue weighted by atomic mass is 10.2. The predicted molar refractivity (Wildman–Crippen MR) is 50.0 cm³/mol. The van der Waals surface area contributed by atoms with Crippen LogP contribution in [0.4, 0.5) is 0 Å². The molecule has 0 amide bonds. The molecule has 0 rings (SSSR count). The van der Waals surface area contributed by atoms with Gasteiger partial charge in [-0.1, -0.05) is 0 Å². The Morgan fingerprint density at radius 2 is 2.08 bits per heavy atom. The van der Waals surface area contributed by atoms with Crippen LogP contribution in [0.1, 0.15) is 20.3 Å². The summed E-state index contributed by atoms with van der Waals surface area (Å²) in [6.45, 7) is 4.85. The minimum atomic E-state index is -0.707. The van der Waals surface area contributed by atoms with Gasteiger partial charge in [-0.2, -0.15) is 5.26 Å². The number of hydrogen-bond acceptors (Lipinski definition) is 4. The van der Waals surface area contributed by atoms with Crippen LogP contribution in [0.25, 0.3) is 0 Å². The molecule has 1 unspecified atom stereocenters. The van der Waals surface area contributed by atoms with E-state index < -0.39 is 6.10 Å². The number of hydrogen-bond donors (Lipinski definition) is 2. The highest BCUT2D eigenvalue weighted by atomic mass is 16.3. The van der Waals surface area contributed by atoms with Crippen molar-refractivity contribution in [2.24, 2.45) is 0 Å². The molecule has 2 N–H and O–H groups in total. The molecule has 0 aliphatic heterocycles. The Morgan fingerprint density at radius 3 is 2.46 bits per heavy atom. The van der Waals surface area contributed by atoms with Gasteiger partial charge in [0, 0.05) is 25.6 Å². The van der Waals surface area contributed by atoms with Gasteiger partial charge in [-0.15, -0.1) is 0 Å². The van der Waals surface area contributed by atoms with Crippen molar-refractivity contribution in [3.05, 3.63) is 0 Å². The van der Waals surface area contributed by atoms with E-state index in [1.165, 1.54) is 0 Å². The number of rotatable bonds is 6. The molecule has 1 atom stereocenters. The highest BCUT2D eigenvalue weighted by Gasteiger charge is 2.13. The molecular formula is C9H18N2O2. The SMILES string of the molecule is CC(C)N(CCC#N)CC(O)CO. The van der Waals surface area contributed by atoms with Gasteiger partial charge in [0.25, 0.3) is 0 Å². The Balaban J connectivity index is 3.88. The molecule has 4 nitrogen and oxygen atoms in total. The first kappa shape index (κ1) is 12.4. The molecule has 0 saturated heterocycles. The van der Waals surface area contributed by atoms with Gasteiger partial charge in [-0.25, -0.2) is 0 Å². The summed E-state index contributed by atoms with van der Waals surface area (Å²) in [5, 5.41) is 26.3. The van der Waals surface area contributed by atoms with Crippen LogP contribution in [0.15, 0.2) is 0 Å². The van der Waals surface area contributed by atoms with Gasteiger partial charge in [-0.05, 0) is 13.8 Å². The lowest BCUT2D eigenvalue weighted by Gasteiger charge is -2.27. The van der Waals surface area contributed by atoms with Crippen LogP contribution >= 0.6 is 0 Å². The van der Waals surface area contributed by atoms with Crippen LogP contribution in [0.3, 0.4) is 0 Å². The first-order chi connectivity index (χ1) is 6.11. The zero-order chi connectivity index (χ0) is 10.3. The summed E-state index contributed by atoms with van der Waals surface area (Å²) in [5.74, 6) is 0. The third-order valence-electron chi connectivity index (χ3n) is 1.90. The van der Waals surface area contributed by atoms with Crippen LogP contribution in [-0.4, -0.2) is 47.0 Å². The standard InChI is InChI=1S/C9H18N2O2/c1-8(2)11(5-3-4-10)6-9(13)7-12/h8-9,12-13H,3,5-7H2,1-2H3. The van der Waals surface area contributed by atoms with E-state index in [1.807, 2.05) is 18.7 Å². The number of aliphatic hydroxyl groups excluding tert-OH is 2. The van der Waals surface area contributed by atoms with Crippen molar-refractivity contribution < 1.29 is 10.2 Å². The van der Waals surface area contributed by atoms with Crippen molar-refractivity contribution in [3.63, 3.8) is 0 Å². The Morgan fingerprint density at radius 1 is 1.46 bits per heavy atom. The molecule has 0 aromatic carbocycles. The van der Waals surface area contributed by atoms with Gasteiger partial charge in [0.05, 0.1) is 18.8 Å². The molecule has 13 heavy (non-hydrogen) atoms. The molecule has 76 valence electrons. The summed E-state index contributed by atoms with van der Waals surface area (Å²) in [6.07, 6.45) is -0.253.